The summed E-state index contributed by atoms with van der Waals surface area (Å²) < 4.78 is 10.9. The second kappa shape index (κ2) is 4.94. The van der Waals surface area contributed by atoms with Gasteiger partial charge in [0.2, 0.25) is 0 Å². The van der Waals surface area contributed by atoms with E-state index in [-0.39, 0.29) is 5.92 Å². The Kier molecular flexibility index (Phi) is 3.13. The zero-order chi connectivity index (χ0) is 13.2. The van der Waals surface area contributed by atoms with Crippen LogP contribution < -0.4 is 9.47 Å². The van der Waals surface area contributed by atoms with Crippen LogP contribution in [-0.4, -0.2) is 18.8 Å². The molecule has 98 valence electrons. The van der Waals surface area contributed by atoms with Crippen LogP contribution in [-0.2, 0) is 0 Å². The third-order valence-corrected chi connectivity index (χ3v) is 3.57. The highest BCUT2D eigenvalue weighted by Gasteiger charge is 2.30. The molecule has 2 atom stereocenters. The first-order valence-electron chi connectivity index (χ1n) is 6.33. The average molecular weight is 256 g/mol. The van der Waals surface area contributed by atoms with Gasteiger partial charge in [0, 0.05) is 17.5 Å². The molecule has 0 aromatic heterocycles. The molecule has 1 N–H and O–H groups in total. The number of hydrogen-bond acceptors (Lipinski definition) is 3. The Hall–Kier alpha value is -2.00. The summed E-state index contributed by atoms with van der Waals surface area (Å²) in [6.07, 6.45) is -0.544. The lowest BCUT2D eigenvalue weighted by Gasteiger charge is -2.30. The summed E-state index contributed by atoms with van der Waals surface area (Å²) in [6, 6.07) is 15.5. The van der Waals surface area contributed by atoms with Crippen molar-refractivity contribution in [2.45, 2.75) is 12.0 Å². The highest BCUT2D eigenvalue weighted by molar-refractivity contribution is 5.45. The van der Waals surface area contributed by atoms with E-state index in [1.54, 1.807) is 7.11 Å². The molecule has 0 saturated carbocycles. The zero-order valence-corrected chi connectivity index (χ0v) is 10.7. The lowest BCUT2D eigenvalue weighted by Crippen LogP contribution is -2.24. The van der Waals surface area contributed by atoms with Gasteiger partial charge < -0.3 is 14.6 Å². The van der Waals surface area contributed by atoms with Crippen molar-refractivity contribution >= 4 is 0 Å². The molecular weight excluding hydrogens is 240 g/mol. The minimum Gasteiger partial charge on any atom is -0.497 e. The fourth-order valence-corrected chi connectivity index (χ4v) is 2.48. The van der Waals surface area contributed by atoms with E-state index in [0.29, 0.717) is 12.4 Å². The molecule has 3 nitrogen and oxygen atoms in total. The van der Waals surface area contributed by atoms with Crippen molar-refractivity contribution in [2.75, 3.05) is 13.7 Å². The van der Waals surface area contributed by atoms with Gasteiger partial charge in [0.1, 0.15) is 11.5 Å². The summed E-state index contributed by atoms with van der Waals surface area (Å²) in [6.45, 7) is 0.478. The summed E-state index contributed by atoms with van der Waals surface area (Å²) in [5.74, 6) is 1.42. The van der Waals surface area contributed by atoms with Crippen molar-refractivity contribution in [1.82, 2.24) is 0 Å². The first-order valence-corrected chi connectivity index (χ1v) is 6.33. The van der Waals surface area contributed by atoms with Crippen molar-refractivity contribution in [1.29, 1.82) is 0 Å². The quantitative estimate of drug-likeness (QED) is 0.898. The van der Waals surface area contributed by atoms with E-state index >= 15 is 0 Å². The highest BCUT2D eigenvalue weighted by Crippen LogP contribution is 2.41. The molecule has 1 heterocycles. The Labute approximate surface area is 112 Å². The van der Waals surface area contributed by atoms with Crippen LogP contribution in [0.15, 0.2) is 48.5 Å². The van der Waals surface area contributed by atoms with E-state index in [9.17, 15) is 5.11 Å². The van der Waals surface area contributed by atoms with Gasteiger partial charge in [0.05, 0.1) is 19.8 Å². The summed E-state index contributed by atoms with van der Waals surface area (Å²) in [4.78, 5) is 0. The maximum Gasteiger partial charge on any atom is 0.128 e. The second-order valence-corrected chi connectivity index (χ2v) is 4.68. The van der Waals surface area contributed by atoms with Crippen LogP contribution in [0, 0.1) is 0 Å². The molecule has 0 spiro atoms. The molecule has 3 rings (SSSR count). The highest BCUT2D eigenvalue weighted by atomic mass is 16.5. The monoisotopic (exact) mass is 256 g/mol. The smallest absolute Gasteiger partial charge is 0.128 e. The van der Waals surface area contributed by atoms with Gasteiger partial charge in [-0.3, -0.25) is 0 Å². The number of hydrogen-bond donors (Lipinski definition) is 1. The van der Waals surface area contributed by atoms with Crippen molar-refractivity contribution < 1.29 is 14.6 Å². The van der Waals surface area contributed by atoms with Crippen molar-refractivity contribution in [3.05, 3.63) is 59.7 Å². The van der Waals surface area contributed by atoms with Gasteiger partial charge in [0.15, 0.2) is 0 Å². The number of methoxy groups -OCH3 is 1. The molecule has 0 unspecified atom stereocenters. The molecule has 19 heavy (non-hydrogen) atoms. The third kappa shape index (κ3) is 2.17. The zero-order valence-electron chi connectivity index (χ0n) is 10.7. The molecule has 0 aliphatic carbocycles. The van der Waals surface area contributed by atoms with Crippen molar-refractivity contribution in [3.63, 3.8) is 0 Å². The predicted molar refractivity (Wildman–Crippen MR) is 72.6 cm³/mol. The van der Waals surface area contributed by atoms with E-state index in [4.69, 9.17) is 9.47 Å². The van der Waals surface area contributed by atoms with Gasteiger partial charge >= 0.3 is 0 Å². The van der Waals surface area contributed by atoms with Crippen LogP contribution in [0.25, 0.3) is 0 Å². The molecule has 1 aliphatic rings. The Balaban J connectivity index is 1.94. The van der Waals surface area contributed by atoms with E-state index < -0.39 is 6.10 Å². The van der Waals surface area contributed by atoms with Crippen LogP contribution in [0.5, 0.6) is 11.5 Å². The topological polar surface area (TPSA) is 38.7 Å². The van der Waals surface area contributed by atoms with Crippen LogP contribution in [0.4, 0.5) is 0 Å². The number of aliphatic hydroxyl groups excluding tert-OH is 1. The second-order valence-electron chi connectivity index (χ2n) is 4.68. The summed E-state index contributed by atoms with van der Waals surface area (Å²) in [7, 11) is 1.62. The Morgan fingerprint density at radius 3 is 2.68 bits per heavy atom. The summed E-state index contributed by atoms with van der Waals surface area (Å²) in [5, 5.41) is 10.5. The third-order valence-electron chi connectivity index (χ3n) is 3.57. The van der Waals surface area contributed by atoms with Crippen molar-refractivity contribution in [2.24, 2.45) is 0 Å². The molecule has 2 aromatic rings. The van der Waals surface area contributed by atoms with Crippen LogP contribution >= 0.6 is 0 Å². The van der Waals surface area contributed by atoms with E-state index in [2.05, 4.69) is 0 Å². The Morgan fingerprint density at radius 1 is 1.16 bits per heavy atom. The molecule has 0 saturated heterocycles. The van der Waals surface area contributed by atoms with E-state index in [0.717, 1.165) is 16.9 Å². The number of fused-ring (bicyclic) bond motifs is 1. The maximum atomic E-state index is 10.5. The van der Waals surface area contributed by atoms with Crippen LogP contribution in [0.1, 0.15) is 23.1 Å². The summed E-state index contributed by atoms with van der Waals surface area (Å²) in [5.41, 5.74) is 1.91. The molecule has 0 fully saturated rings. The molecule has 3 heteroatoms. The van der Waals surface area contributed by atoms with E-state index in [1.165, 1.54) is 0 Å². The predicted octanol–water partition coefficient (Wildman–Crippen LogP) is 2.90. The fraction of sp³-hybridized carbons (Fsp3) is 0.250. The number of ether oxygens (including phenoxy) is 2. The van der Waals surface area contributed by atoms with Gasteiger partial charge in [-0.25, -0.2) is 0 Å². The van der Waals surface area contributed by atoms with Crippen LogP contribution in [0.2, 0.25) is 0 Å². The lowest BCUT2D eigenvalue weighted by molar-refractivity contribution is 0.0887. The normalized spacial score (nSPS) is 21.4. The first-order chi connectivity index (χ1) is 9.29. The van der Waals surface area contributed by atoms with Gasteiger partial charge in [-0.05, 0) is 17.7 Å². The number of benzene rings is 2. The number of rotatable bonds is 2. The standard InChI is InChI=1S/C16H16O3/c1-18-12-7-8-13-15(9-12)19-10-14(16(13)17)11-5-3-2-4-6-11/h2-9,14,16-17H,10H2,1H3/t14-,16-/m0/s1. The van der Waals surface area contributed by atoms with Gasteiger partial charge in [-0.2, -0.15) is 0 Å². The molecule has 0 bridgehead atoms. The first kappa shape index (κ1) is 12.1. The molecule has 2 aromatic carbocycles. The lowest BCUT2D eigenvalue weighted by atomic mass is 9.87. The largest absolute Gasteiger partial charge is 0.497 e. The fourth-order valence-electron chi connectivity index (χ4n) is 2.48. The maximum absolute atomic E-state index is 10.5. The molecular formula is C16H16O3. The summed E-state index contributed by atoms with van der Waals surface area (Å²) >= 11 is 0. The van der Waals surface area contributed by atoms with Gasteiger partial charge in [0.25, 0.3) is 0 Å². The molecule has 0 radical (unpaired) electrons. The molecule has 1 aliphatic heterocycles. The Bertz CT molecular complexity index is 565. The SMILES string of the molecule is COc1ccc2c(c1)OC[C@@H](c1ccccc1)[C@H]2O. The van der Waals surface area contributed by atoms with Gasteiger partial charge in [-0.1, -0.05) is 30.3 Å². The average Bonchev–Trinajstić information content (AvgIpc) is 2.48. The minimum absolute atomic E-state index is 0.0258. The van der Waals surface area contributed by atoms with Crippen LogP contribution in [0.3, 0.4) is 0 Å². The number of aliphatic hydroxyl groups is 1. The Morgan fingerprint density at radius 2 is 1.95 bits per heavy atom. The van der Waals surface area contributed by atoms with Gasteiger partial charge in [-0.15, -0.1) is 0 Å². The minimum atomic E-state index is -0.544. The van der Waals surface area contributed by atoms with Crippen molar-refractivity contribution in [3.8, 4) is 11.5 Å². The van der Waals surface area contributed by atoms with E-state index in [1.807, 2.05) is 48.5 Å². The molecule has 0 amide bonds.